The third-order valence-electron chi connectivity index (χ3n) is 10.9. The normalized spacial score (nSPS) is 13.0. The average molecular weight is 788 g/mol. The highest BCUT2D eigenvalue weighted by molar-refractivity contribution is 5.76. The van der Waals surface area contributed by atoms with Crippen molar-refractivity contribution in [3.05, 3.63) is 36.5 Å². The monoisotopic (exact) mass is 788 g/mol. The predicted octanol–water partition coefficient (Wildman–Crippen LogP) is 14.1. The molecule has 0 aromatic carbocycles. The van der Waals surface area contributed by atoms with Crippen molar-refractivity contribution in [3.63, 3.8) is 0 Å². The van der Waals surface area contributed by atoms with Crippen LogP contribution >= 0.6 is 0 Å². The van der Waals surface area contributed by atoms with E-state index in [0.29, 0.717) is 19.4 Å². The first-order chi connectivity index (χ1) is 27.5. The van der Waals surface area contributed by atoms with Crippen LogP contribution in [0.2, 0.25) is 0 Å². The Hall–Kier alpha value is -1.92. The van der Waals surface area contributed by atoms with Crippen LogP contribution in [0.4, 0.5) is 0 Å². The van der Waals surface area contributed by atoms with Crippen LogP contribution in [0.3, 0.4) is 0 Å². The third-order valence-corrected chi connectivity index (χ3v) is 10.9. The van der Waals surface area contributed by atoms with Gasteiger partial charge in [-0.15, -0.1) is 0 Å². The van der Waals surface area contributed by atoms with Gasteiger partial charge in [0, 0.05) is 12.8 Å². The fourth-order valence-corrected chi connectivity index (χ4v) is 7.14. The van der Waals surface area contributed by atoms with Crippen LogP contribution in [0.5, 0.6) is 0 Å². The predicted molar refractivity (Wildman–Crippen MR) is 241 cm³/mol. The molecule has 328 valence electrons. The first kappa shape index (κ1) is 54.1. The summed E-state index contributed by atoms with van der Waals surface area (Å²) in [6.07, 6.45) is 54.2. The number of nitrogens with one attached hydrogen (secondary N) is 1. The Balaban J connectivity index is 3.49. The van der Waals surface area contributed by atoms with Crippen molar-refractivity contribution >= 4 is 11.9 Å². The highest BCUT2D eigenvalue weighted by Crippen LogP contribution is 2.15. The molecule has 1 amide bonds. The number of carbonyl (C=O) groups is 2. The zero-order valence-corrected chi connectivity index (χ0v) is 37.1. The Labute approximate surface area is 347 Å². The maximum atomic E-state index is 12.4. The molecule has 0 rings (SSSR count). The number of unbranched alkanes of at least 4 members (excludes halogenated alkanes) is 29. The van der Waals surface area contributed by atoms with Crippen molar-refractivity contribution in [1.29, 1.82) is 0 Å². The molecule has 0 bridgehead atoms. The number of carbonyl (C=O) groups excluding carboxylic acids is 2. The van der Waals surface area contributed by atoms with Crippen LogP contribution in [0.15, 0.2) is 36.5 Å². The minimum absolute atomic E-state index is 0.0197. The van der Waals surface area contributed by atoms with Crippen molar-refractivity contribution in [1.82, 2.24) is 5.32 Å². The van der Waals surface area contributed by atoms with Gasteiger partial charge in [0.2, 0.25) is 5.91 Å². The molecule has 0 aliphatic carbocycles. The lowest BCUT2D eigenvalue weighted by molar-refractivity contribution is -0.143. The summed E-state index contributed by atoms with van der Waals surface area (Å²) in [6, 6.07) is -0.635. The molecule has 2 atom stereocenters. The summed E-state index contributed by atoms with van der Waals surface area (Å²) in [6.45, 7) is 4.79. The van der Waals surface area contributed by atoms with E-state index in [4.69, 9.17) is 4.74 Å². The van der Waals surface area contributed by atoms with Gasteiger partial charge in [0.15, 0.2) is 0 Å². The average Bonchev–Trinajstić information content (AvgIpc) is 3.20. The van der Waals surface area contributed by atoms with Gasteiger partial charge in [-0.3, -0.25) is 9.59 Å². The Morgan fingerprint density at radius 1 is 0.500 bits per heavy atom. The second-order valence-corrected chi connectivity index (χ2v) is 16.4. The van der Waals surface area contributed by atoms with Crippen LogP contribution < -0.4 is 5.32 Å². The van der Waals surface area contributed by atoms with Crippen LogP contribution in [-0.4, -0.2) is 47.4 Å². The fraction of sp³-hybridized carbons (Fsp3) is 0.840. The Kier molecular flexibility index (Phi) is 44.2. The molecule has 0 saturated heterocycles. The highest BCUT2D eigenvalue weighted by Gasteiger charge is 2.18. The summed E-state index contributed by atoms with van der Waals surface area (Å²) < 4.78 is 5.44. The van der Waals surface area contributed by atoms with E-state index >= 15 is 0 Å². The molecule has 3 N–H and O–H groups in total. The van der Waals surface area contributed by atoms with Gasteiger partial charge in [0.1, 0.15) is 0 Å². The lowest BCUT2D eigenvalue weighted by Crippen LogP contribution is -2.45. The van der Waals surface area contributed by atoms with Crippen LogP contribution in [0.1, 0.15) is 245 Å². The Morgan fingerprint density at radius 2 is 0.929 bits per heavy atom. The van der Waals surface area contributed by atoms with E-state index in [1.54, 1.807) is 6.08 Å². The van der Waals surface area contributed by atoms with Crippen molar-refractivity contribution in [2.75, 3.05) is 13.2 Å². The molecule has 0 heterocycles. The lowest BCUT2D eigenvalue weighted by Gasteiger charge is -2.20. The van der Waals surface area contributed by atoms with E-state index in [0.717, 1.165) is 70.6 Å². The number of aliphatic hydroxyl groups is 2. The third kappa shape index (κ3) is 41.7. The van der Waals surface area contributed by atoms with Gasteiger partial charge < -0.3 is 20.3 Å². The van der Waals surface area contributed by atoms with Gasteiger partial charge in [0.25, 0.3) is 0 Å². The molecule has 6 nitrogen and oxygen atoms in total. The van der Waals surface area contributed by atoms with Crippen molar-refractivity contribution in [3.8, 4) is 0 Å². The summed E-state index contributed by atoms with van der Waals surface area (Å²) in [5, 5.41) is 23.0. The van der Waals surface area contributed by atoms with Crippen molar-refractivity contribution in [2.45, 2.75) is 257 Å². The second-order valence-electron chi connectivity index (χ2n) is 16.4. The molecule has 6 heteroatoms. The number of aliphatic hydroxyl groups excluding tert-OH is 2. The molecule has 2 unspecified atom stereocenters. The molecule has 0 aliphatic rings. The molecule has 0 saturated carbocycles. The Morgan fingerprint density at radius 3 is 1.43 bits per heavy atom. The molecule has 56 heavy (non-hydrogen) atoms. The van der Waals surface area contributed by atoms with Crippen molar-refractivity contribution < 1.29 is 24.5 Å². The number of hydrogen-bond acceptors (Lipinski definition) is 5. The van der Waals surface area contributed by atoms with Crippen LogP contribution in [0.25, 0.3) is 0 Å². The van der Waals surface area contributed by atoms with Gasteiger partial charge in [-0.2, -0.15) is 0 Å². The number of ether oxygens (including phenoxy) is 1. The number of allylic oxidation sites excluding steroid dienone is 5. The van der Waals surface area contributed by atoms with Gasteiger partial charge in [-0.05, 0) is 57.8 Å². The van der Waals surface area contributed by atoms with E-state index in [-0.39, 0.29) is 18.5 Å². The van der Waals surface area contributed by atoms with Crippen LogP contribution in [-0.2, 0) is 14.3 Å². The molecular weight excluding hydrogens is 695 g/mol. The summed E-state index contributed by atoms with van der Waals surface area (Å²) in [4.78, 5) is 24.4. The zero-order valence-electron chi connectivity index (χ0n) is 37.1. The van der Waals surface area contributed by atoms with Gasteiger partial charge in [-0.25, -0.2) is 0 Å². The molecule has 0 aliphatic heterocycles. The van der Waals surface area contributed by atoms with Gasteiger partial charge >= 0.3 is 5.97 Å². The molecular formula is C50H93NO5. The molecule has 0 radical (unpaired) electrons. The zero-order chi connectivity index (χ0) is 40.8. The van der Waals surface area contributed by atoms with E-state index in [2.05, 4.69) is 43.5 Å². The number of esters is 1. The minimum atomic E-state index is -0.851. The SMILES string of the molecule is CCC/C=C\C/C=C\CCCCCCCC(=O)OCCCCCCCCCCCCCCCCC(=O)NC(CO)C(O)/C=C/CCCCCCCCCCCC. The minimum Gasteiger partial charge on any atom is -0.466 e. The molecule has 0 aromatic heterocycles. The van der Waals surface area contributed by atoms with Gasteiger partial charge in [0.05, 0.1) is 25.4 Å². The second kappa shape index (κ2) is 45.8. The van der Waals surface area contributed by atoms with Gasteiger partial charge in [-0.1, -0.05) is 211 Å². The standard InChI is InChI=1S/C50H93NO5/c1-3-5-7-9-11-13-15-19-24-28-32-36-40-44-50(55)56-45-41-37-33-29-25-21-18-17-20-23-27-31-35-39-43-49(54)51-47(46-52)48(53)42-38-34-30-26-22-16-14-12-10-8-6-4-2/h7,9,13,15,38,42,47-48,52-53H,3-6,8,10-12,14,16-37,39-41,43-46H2,1-2H3,(H,51,54)/b9-7-,15-13-,42-38+. The van der Waals surface area contributed by atoms with Crippen molar-refractivity contribution in [2.24, 2.45) is 0 Å². The largest absolute Gasteiger partial charge is 0.466 e. The fourth-order valence-electron chi connectivity index (χ4n) is 7.14. The lowest BCUT2D eigenvalue weighted by atomic mass is 10.0. The number of rotatable bonds is 44. The van der Waals surface area contributed by atoms with E-state index in [1.165, 1.54) is 148 Å². The quantitative estimate of drug-likeness (QED) is 0.0325. The Bertz CT molecular complexity index is 915. The van der Waals surface area contributed by atoms with Crippen LogP contribution in [0, 0.1) is 0 Å². The first-order valence-electron chi connectivity index (χ1n) is 24.3. The number of amides is 1. The van der Waals surface area contributed by atoms with E-state index in [9.17, 15) is 19.8 Å². The topological polar surface area (TPSA) is 95.9 Å². The molecule has 0 spiro atoms. The first-order valence-corrected chi connectivity index (χ1v) is 24.3. The summed E-state index contributed by atoms with van der Waals surface area (Å²) in [5.74, 6) is -0.101. The number of hydrogen-bond donors (Lipinski definition) is 3. The maximum Gasteiger partial charge on any atom is 0.305 e. The molecule has 0 fully saturated rings. The van der Waals surface area contributed by atoms with E-state index < -0.39 is 12.1 Å². The summed E-state index contributed by atoms with van der Waals surface area (Å²) in [5.41, 5.74) is 0. The highest BCUT2D eigenvalue weighted by atomic mass is 16.5. The molecule has 0 aromatic rings. The maximum absolute atomic E-state index is 12.4. The van der Waals surface area contributed by atoms with E-state index in [1.807, 2.05) is 6.08 Å². The summed E-state index contributed by atoms with van der Waals surface area (Å²) >= 11 is 0. The summed E-state index contributed by atoms with van der Waals surface area (Å²) in [7, 11) is 0. The smallest absolute Gasteiger partial charge is 0.305 e.